The van der Waals surface area contributed by atoms with Crippen molar-refractivity contribution in [2.45, 2.75) is 46.1 Å². The number of amides is 1. The molecule has 0 fully saturated rings. The molecule has 19 heavy (non-hydrogen) atoms. The zero-order valence-corrected chi connectivity index (χ0v) is 12.2. The van der Waals surface area contributed by atoms with Gasteiger partial charge in [0.2, 0.25) is 5.91 Å². The molecular weight excluding hydrogens is 238 g/mol. The Balaban J connectivity index is 2.43. The standard InChI is InChI=1S/C16H25NO2/c1-4-6-7-14(5-2)16(18)17-12-13-8-10-15(19-3)11-9-13/h8-11,14H,4-7,12H2,1-3H3,(H,17,18)/t14-/m0/s1. The predicted octanol–water partition coefficient (Wildman–Crippen LogP) is 3.53. The first kappa shape index (κ1) is 15.5. The molecule has 0 heterocycles. The number of hydrogen-bond acceptors (Lipinski definition) is 2. The smallest absolute Gasteiger partial charge is 0.223 e. The molecule has 0 aliphatic rings. The molecule has 0 aliphatic heterocycles. The first-order valence-corrected chi connectivity index (χ1v) is 7.11. The zero-order chi connectivity index (χ0) is 14.1. The van der Waals surface area contributed by atoms with Gasteiger partial charge in [0, 0.05) is 12.5 Å². The molecule has 0 spiro atoms. The highest BCUT2D eigenvalue weighted by Crippen LogP contribution is 2.14. The Kier molecular flexibility index (Phi) is 7.01. The third-order valence-corrected chi connectivity index (χ3v) is 3.40. The molecule has 3 nitrogen and oxygen atoms in total. The van der Waals surface area contributed by atoms with Crippen LogP contribution in [-0.4, -0.2) is 13.0 Å². The van der Waals surface area contributed by atoms with Crippen molar-refractivity contribution in [2.24, 2.45) is 5.92 Å². The second-order valence-electron chi connectivity index (χ2n) is 4.81. The van der Waals surface area contributed by atoms with E-state index in [4.69, 9.17) is 4.74 Å². The van der Waals surface area contributed by atoms with Crippen molar-refractivity contribution in [3.63, 3.8) is 0 Å². The largest absolute Gasteiger partial charge is 0.497 e. The maximum atomic E-state index is 12.0. The number of unbranched alkanes of at least 4 members (excludes halogenated alkanes) is 1. The Labute approximate surface area is 116 Å². The van der Waals surface area contributed by atoms with Gasteiger partial charge in [0.25, 0.3) is 0 Å². The van der Waals surface area contributed by atoms with Gasteiger partial charge in [-0.2, -0.15) is 0 Å². The zero-order valence-electron chi connectivity index (χ0n) is 12.2. The van der Waals surface area contributed by atoms with Gasteiger partial charge >= 0.3 is 0 Å². The van der Waals surface area contributed by atoms with E-state index in [1.807, 2.05) is 24.3 Å². The van der Waals surface area contributed by atoms with Crippen LogP contribution < -0.4 is 10.1 Å². The second kappa shape index (κ2) is 8.57. The highest BCUT2D eigenvalue weighted by Gasteiger charge is 2.14. The van der Waals surface area contributed by atoms with Gasteiger partial charge < -0.3 is 10.1 Å². The van der Waals surface area contributed by atoms with E-state index in [0.29, 0.717) is 6.54 Å². The Morgan fingerprint density at radius 2 is 1.95 bits per heavy atom. The summed E-state index contributed by atoms with van der Waals surface area (Å²) >= 11 is 0. The van der Waals surface area contributed by atoms with E-state index in [1.165, 1.54) is 0 Å². The summed E-state index contributed by atoms with van der Waals surface area (Å²) in [5.74, 6) is 1.16. The number of ether oxygens (including phenoxy) is 1. The van der Waals surface area contributed by atoms with Crippen LogP contribution in [0.1, 0.15) is 45.1 Å². The minimum absolute atomic E-state index is 0.151. The molecule has 0 saturated heterocycles. The van der Waals surface area contributed by atoms with Gasteiger partial charge in [0.05, 0.1) is 7.11 Å². The van der Waals surface area contributed by atoms with Crippen molar-refractivity contribution in [1.82, 2.24) is 5.32 Å². The van der Waals surface area contributed by atoms with E-state index < -0.39 is 0 Å². The summed E-state index contributed by atoms with van der Waals surface area (Å²) in [6.45, 7) is 4.82. The lowest BCUT2D eigenvalue weighted by Crippen LogP contribution is -2.30. The molecule has 0 bridgehead atoms. The number of benzene rings is 1. The van der Waals surface area contributed by atoms with Crippen LogP contribution in [0.25, 0.3) is 0 Å². The molecule has 1 atom stereocenters. The number of carbonyl (C=O) groups excluding carboxylic acids is 1. The molecule has 0 unspecified atom stereocenters. The van der Waals surface area contributed by atoms with Gasteiger partial charge in [-0.1, -0.05) is 38.8 Å². The highest BCUT2D eigenvalue weighted by atomic mass is 16.5. The summed E-state index contributed by atoms with van der Waals surface area (Å²) in [4.78, 5) is 12.0. The van der Waals surface area contributed by atoms with Gasteiger partial charge in [0.1, 0.15) is 5.75 Å². The van der Waals surface area contributed by atoms with E-state index in [9.17, 15) is 4.79 Å². The van der Waals surface area contributed by atoms with Gasteiger partial charge in [-0.25, -0.2) is 0 Å². The van der Waals surface area contributed by atoms with Crippen molar-refractivity contribution in [1.29, 1.82) is 0 Å². The fourth-order valence-corrected chi connectivity index (χ4v) is 2.05. The van der Waals surface area contributed by atoms with Gasteiger partial charge in [-0.3, -0.25) is 4.79 Å². The maximum Gasteiger partial charge on any atom is 0.223 e. The quantitative estimate of drug-likeness (QED) is 0.779. The summed E-state index contributed by atoms with van der Waals surface area (Å²) in [6, 6.07) is 7.78. The Bertz CT molecular complexity index is 373. The van der Waals surface area contributed by atoms with E-state index in [0.717, 1.165) is 37.0 Å². The first-order chi connectivity index (χ1) is 9.21. The van der Waals surface area contributed by atoms with Crippen LogP contribution in [0, 0.1) is 5.92 Å². The number of methoxy groups -OCH3 is 1. The Morgan fingerprint density at radius 3 is 2.47 bits per heavy atom. The fraction of sp³-hybridized carbons (Fsp3) is 0.562. The van der Waals surface area contributed by atoms with E-state index in [1.54, 1.807) is 7.11 Å². The molecule has 1 N–H and O–H groups in total. The number of nitrogens with one attached hydrogen (secondary N) is 1. The van der Waals surface area contributed by atoms with Crippen LogP contribution in [0.5, 0.6) is 5.75 Å². The van der Waals surface area contributed by atoms with Crippen LogP contribution in [0.4, 0.5) is 0 Å². The van der Waals surface area contributed by atoms with Crippen molar-refractivity contribution in [3.8, 4) is 5.75 Å². The van der Waals surface area contributed by atoms with Crippen molar-refractivity contribution in [3.05, 3.63) is 29.8 Å². The summed E-state index contributed by atoms with van der Waals surface area (Å²) in [5.41, 5.74) is 1.10. The molecular formula is C16H25NO2. The average molecular weight is 263 g/mol. The maximum absolute atomic E-state index is 12.0. The Morgan fingerprint density at radius 1 is 1.26 bits per heavy atom. The van der Waals surface area contributed by atoms with Crippen LogP contribution >= 0.6 is 0 Å². The van der Waals surface area contributed by atoms with Gasteiger partial charge in [-0.15, -0.1) is 0 Å². The van der Waals surface area contributed by atoms with Crippen LogP contribution in [0.3, 0.4) is 0 Å². The molecule has 0 aliphatic carbocycles. The Hall–Kier alpha value is -1.51. The third-order valence-electron chi connectivity index (χ3n) is 3.40. The number of carbonyl (C=O) groups is 1. The summed E-state index contributed by atoms with van der Waals surface area (Å²) in [5, 5.41) is 3.02. The lowest BCUT2D eigenvalue weighted by Gasteiger charge is -2.14. The molecule has 0 saturated carbocycles. The topological polar surface area (TPSA) is 38.3 Å². The average Bonchev–Trinajstić information content (AvgIpc) is 2.46. The lowest BCUT2D eigenvalue weighted by molar-refractivity contribution is -0.125. The van der Waals surface area contributed by atoms with E-state index >= 15 is 0 Å². The minimum atomic E-state index is 0.151. The number of hydrogen-bond donors (Lipinski definition) is 1. The van der Waals surface area contributed by atoms with Gasteiger partial charge in [-0.05, 0) is 30.5 Å². The SMILES string of the molecule is CCCC[C@H](CC)C(=O)NCc1ccc(OC)cc1. The van der Waals surface area contributed by atoms with Crippen molar-refractivity contribution in [2.75, 3.05) is 7.11 Å². The minimum Gasteiger partial charge on any atom is -0.497 e. The predicted molar refractivity (Wildman–Crippen MR) is 78.1 cm³/mol. The molecule has 106 valence electrons. The molecule has 1 amide bonds. The lowest BCUT2D eigenvalue weighted by atomic mass is 9.98. The molecule has 1 aromatic carbocycles. The monoisotopic (exact) mass is 263 g/mol. The van der Waals surface area contributed by atoms with E-state index in [2.05, 4.69) is 19.2 Å². The van der Waals surface area contributed by atoms with Gasteiger partial charge in [0.15, 0.2) is 0 Å². The van der Waals surface area contributed by atoms with E-state index in [-0.39, 0.29) is 11.8 Å². The molecule has 0 radical (unpaired) electrons. The van der Waals surface area contributed by atoms with Crippen LogP contribution in [0.2, 0.25) is 0 Å². The summed E-state index contributed by atoms with van der Waals surface area (Å²) in [6.07, 6.45) is 4.16. The van der Waals surface area contributed by atoms with Crippen LogP contribution in [0.15, 0.2) is 24.3 Å². The van der Waals surface area contributed by atoms with Crippen LogP contribution in [-0.2, 0) is 11.3 Å². The van der Waals surface area contributed by atoms with Crippen molar-refractivity contribution >= 4 is 5.91 Å². The number of rotatable bonds is 8. The fourth-order valence-electron chi connectivity index (χ4n) is 2.05. The molecule has 1 rings (SSSR count). The molecule has 1 aromatic rings. The summed E-state index contributed by atoms with van der Waals surface area (Å²) < 4.78 is 5.11. The molecule has 0 aromatic heterocycles. The normalized spacial score (nSPS) is 11.9. The highest BCUT2D eigenvalue weighted by molar-refractivity contribution is 5.78. The molecule has 3 heteroatoms. The summed E-state index contributed by atoms with van der Waals surface area (Å²) in [7, 11) is 1.65. The second-order valence-corrected chi connectivity index (χ2v) is 4.81. The third kappa shape index (κ3) is 5.33. The first-order valence-electron chi connectivity index (χ1n) is 7.11. The van der Waals surface area contributed by atoms with Crippen molar-refractivity contribution < 1.29 is 9.53 Å².